The van der Waals surface area contributed by atoms with Crippen molar-refractivity contribution >= 4 is 29.2 Å². The number of ether oxygens (including phenoxy) is 1. The number of hydrogen-bond acceptors (Lipinski definition) is 4. The lowest BCUT2D eigenvalue weighted by Gasteiger charge is -2.46. The van der Waals surface area contributed by atoms with Gasteiger partial charge in [0.05, 0.1) is 10.6 Å². The molecular formula is C28H32Cl2F2N2O2. The van der Waals surface area contributed by atoms with Gasteiger partial charge in [0, 0.05) is 22.5 Å². The number of fused-ring (bicyclic) bond motifs is 1. The predicted molar refractivity (Wildman–Crippen MR) is 137 cm³/mol. The van der Waals surface area contributed by atoms with Gasteiger partial charge < -0.3 is 10.5 Å². The molecule has 4 nitrogen and oxygen atoms in total. The predicted octanol–water partition coefficient (Wildman–Crippen LogP) is 6.92. The number of nitrogens with two attached hydrogens (primary N) is 1. The van der Waals surface area contributed by atoms with Crippen LogP contribution in [0, 0.1) is 17.0 Å². The number of cyclic esters (lactones) is 1. The highest BCUT2D eigenvalue weighted by Gasteiger charge is 2.69. The monoisotopic (exact) mass is 536 g/mol. The molecule has 1 aliphatic carbocycles. The quantitative estimate of drug-likeness (QED) is 0.431. The summed E-state index contributed by atoms with van der Waals surface area (Å²) in [6.07, 6.45) is 6.01. The first kappa shape index (κ1) is 25.9. The molecule has 2 saturated heterocycles. The number of esters is 1. The Morgan fingerprint density at radius 3 is 2.44 bits per heavy atom. The molecule has 4 unspecified atom stereocenters. The molecule has 36 heavy (non-hydrogen) atoms. The largest absolute Gasteiger partial charge is 0.443 e. The molecule has 4 atom stereocenters. The molecule has 0 bridgehead atoms. The Balaban J connectivity index is 1.78. The lowest BCUT2D eigenvalue weighted by molar-refractivity contribution is -0.153. The van der Waals surface area contributed by atoms with Gasteiger partial charge in [-0.15, -0.1) is 0 Å². The van der Waals surface area contributed by atoms with E-state index in [1.165, 1.54) is 18.6 Å². The van der Waals surface area contributed by atoms with Crippen molar-refractivity contribution in [3.05, 3.63) is 69.2 Å². The highest BCUT2D eigenvalue weighted by molar-refractivity contribution is 6.31. The van der Waals surface area contributed by atoms with E-state index in [-0.39, 0.29) is 26.6 Å². The van der Waals surface area contributed by atoms with E-state index in [0.29, 0.717) is 6.42 Å². The molecular weight excluding hydrogens is 505 g/mol. The molecule has 2 aromatic carbocycles. The Morgan fingerprint density at radius 1 is 1.08 bits per heavy atom. The van der Waals surface area contributed by atoms with Gasteiger partial charge in [-0.2, -0.15) is 0 Å². The summed E-state index contributed by atoms with van der Waals surface area (Å²) < 4.78 is 37.2. The molecule has 0 spiro atoms. The first-order valence-corrected chi connectivity index (χ1v) is 13.3. The van der Waals surface area contributed by atoms with Gasteiger partial charge in [-0.25, -0.2) is 13.7 Å². The fraction of sp³-hybridized carbons (Fsp3) is 0.536. The maximum atomic E-state index is 15.7. The van der Waals surface area contributed by atoms with Gasteiger partial charge in [0.15, 0.2) is 5.72 Å². The fourth-order valence-corrected chi connectivity index (χ4v) is 7.43. The Kier molecular flexibility index (Phi) is 6.43. The van der Waals surface area contributed by atoms with Crippen LogP contribution >= 0.6 is 23.2 Å². The standard InChI is InChI=1S/C28H32Cl2F2N2O2/c1-26(2)34-21(15-27(3)12-5-4-6-13-27)28(33,18-11-10-16(29)14-20(18)31)22(24(34)25(35)36-26)17-8-7-9-19(30)23(17)32/h7-11,14,21-22,24H,4-6,12-13,15,33H2,1-3H3. The van der Waals surface area contributed by atoms with Crippen LogP contribution in [0.2, 0.25) is 10.0 Å². The second kappa shape index (κ2) is 8.93. The van der Waals surface area contributed by atoms with Crippen molar-refractivity contribution in [2.45, 2.75) is 88.6 Å². The van der Waals surface area contributed by atoms with Crippen LogP contribution in [-0.4, -0.2) is 28.7 Å². The smallest absolute Gasteiger partial charge is 0.325 e. The summed E-state index contributed by atoms with van der Waals surface area (Å²) in [6.45, 7) is 5.87. The second-order valence-electron chi connectivity index (χ2n) is 11.5. The first-order chi connectivity index (χ1) is 16.9. The molecule has 5 rings (SSSR count). The number of carbonyl (C=O) groups excluding carboxylic acids is 1. The van der Waals surface area contributed by atoms with Gasteiger partial charge in [-0.05, 0) is 62.3 Å². The number of nitrogens with zero attached hydrogens (tertiary/aromatic N) is 1. The van der Waals surface area contributed by atoms with E-state index in [0.717, 1.165) is 25.7 Å². The molecule has 2 heterocycles. The van der Waals surface area contributed by atoms with Crippen molar-refractivity contribution in [1.29, 1.82) is 0 Å². The molecule has 2 aromatic rings. The highest BCUT2D eigenvalue weighted by atomic mass is 35.5. The van der Waals surface area contributed by atoms with Gasteiger partial charge in [0.25, 0.3) is 0 Å². The van der Waals surface area contributed by atoms with E-state index < -0.39 is 46.9 Å². The number of hydrogen-bond donors (Lipinski definition) is 1. The fourth-order valence-electron chi connectivity index (χ4n) is 7.09. The third kappa shape index (κ3) is 3.96. The van der Waals surface area contributed by atoms with E-state index in [4.69, 9.17) is 33.7 Å². The van der Waals surface area contributed by atoms with Gasteiger partial charge in [-0.1, -0.05) is 67.6 Å². The molecule has 3 aliphatic rings. The molecule has 2 N–H and O–H groups in total. The van der Waals surface area contributed by atoms with Crippen molar-refractivity contribution in [2.75, 3.05) is 0 Å². The van der Waals surface area contributed by atoms with Crippen molar-refractivity contribution in [3.8, 4) is 0 Å². The summed E-state index contributed by atoms with van der Waals surface area (Å²) >= 11 is 12.3. The summed E-state index contributed by atoms with van der Waals surface area (Å²) in [4.78, 5) is 15.4. The maximum absolute atomic E-state index is 15.7. The van der Waals surface area contributed by atoms with E-state index >= 15 is 8.78 Å². The maximum Gasteiger partial charge on any atom is 0.325 e. The van der Waals surface area contributed by atoms with Crippen LogP contribution in [0.3, 0.4) is 0 Å². The average Bonchev–Trinajstić information content (AvgIpc) is 3.19. The number of carbonyl (C=O) groups is 1. The summed E-state index contributed by atoms with van der Waals surface area (Å²) in [7, 11) is 0. The Hall–Kier alpha value is -1.73. The van der Waals surface area contributed by atoms with Crippen LogP contribution in [0.4, 0.5) is 8.78 Å². The zero-order valence-electron chi connectivity index (χ0n) is 20.8. The zero-order chi connectivity index (χ0) is 26.0. The van der Waals surface area contributed by atoms with Crippen LogP contribution < -0.4 is 5.73 Å². The van der Waals surface area contributed by atoms with Crippen LogP contribution in [0.1, 0.15) is 76.3 Å². The molecule has 0 aromatic heterocycles. The molecule has 2 aliphatic heterocycles. The molecule has 3 fully saturated rings. The van der Waals surface area contributed by atoms with E-state index in [9.17, 15) is 4.79 Å². The first-order valence-electron chi connectivity index (χ1n) is 12.6. The van der Waals surface area contributed by atoms with Crippen molar-refractivity contribution in [3.63, 3.8) is 0 Å². The summed E-state index contributed by atoms with van der Waals surface area (Å²) in [5.41, 5.74) is 5.24. The number of rotatable bonds is 4. The topological polar surface area (TPSA) is 55.6 Å². The summed E-state index contributed by atoms with van der Waals surface area (Å²) in [5, 5.41) is 0.158. The lowest BCUT2D eigenvalue weighted by Crippen LogP contribution is -2.57. The Morgan fingerprint density at radius 2 is 1.78 bits per heavy atom. The summed E-state index contributed by atoms with van der Waals surface area (Å²) in [5.74, 6) is -2.66. The SMILES string of the molecule is CC1(CC2N3C(C(=O)OC3(C)C)C(c3cccc(Cl)c3F)C2(N)c2ccc(Cl)cc2F)CCCCC1. The van der Waals surface area contributed by atoms with Crippen molar-refractivity contribution < 1.29 is 18.3 Å². The van der Waals surface area contributed by atoms with Crippen LogP contribution in [0.15, 0.2) is 36.4 Å². The van der Waals surface area contributed by atoms with E-state index in [1.807, 2.05) is 18.7 Å². The molecule has 1 saturated carbocycles. The van der Waals surface area contributed by atoms with Crippen molar-refractivity contribution in [1.82, 2.24) is 4.90 Å². The second-order valence-corrected chi connectivity index (χ2v) is 12.3. The van der Waals surface area contributed by atoms with Crippen LogP contribution in [0.5, 0.6) is 0 Å². The molecule has 194 valence electrons. The van der Waals surface area contributed by atoms with Gasteiger partial charge in [-0.3, -0.25) is 4.79 Å². The van der Waals surface area contributed by atoms with Gasteiger partial charge in [0.2, 0.25) is 0 Å². The van der Waals surface area contributed by atoms with Gasteiger partial charge >= 0.3 is 5.97 Å². The van der Waals surface area contributed by atoms with Crippen LogP contribution in [-0.2, 0) is 15.1 Å². The van der Waals surface area contributed by atoms with Crippen molar-refractivity contribution in [2.24, 2.45) is 11.1 Å². The third-order valence-electron chi connectivity index (χ3n) is 8.69. The summed E-state index contributed by atoms with van der Waals surface area (Å²) in [6, 6.07) is 7.65. The molecule has 0 radical (unpaired) electrons. The number of halogens is 4. The molecule has 8 heteroatoms. The lowest BCUT2D eigenvalue weighted by atomic mass is 9.65. The minimum Gasteiger partial charge on any atom is -0.443 e. The van der Waals surface area contributed by atoms with Gasteiger partial charge in [0.1, 0.15) is 17.7 Å². The normalized spacial score (nSPS) is 31.3. The van der Waals surface area contributed by atoms with Crippen LogP contribution in [0.25, 0.3) is 0 Å². The minimum atomic E-state index is -1.46. The van der Waals surface area contributed by atoms with E-state index in [2.05, 4.69) is 6.92 Å². The van der Waals surface area contributed by atoms with E-state index in [1.54, 1.807) is 24.3 Å². The third-order valence-corrected chi connectivity index (χ3v) is 9.22. The zero-order valence-corrected chi connectivity index (χ0v) is 22.3. The Labute approximate surface area is 221 Å². The minimum absolute atomic E-state index is 0.0650. The Bertz CT molecular complexity index is 1200. The number of benzene rings is 2. The molecule has 0 amide bonds. The highest BCUT2D eigenvalue weighted by Crippen LogP contribution is 2.59. The average molecular weight is 537 g/mol.